The molecular formula is C38H70O2. The number of ether oxygens (including phenoxy) is 1. The van der Waals surface area contributed by atoms with Crippen molar-refractivity contribution in [2.24, 2.45) is 23.7 Å². The Labute approximate surface area is 251 Å². The topological polar surface area (TPSA) is 26.3 Å². The van der Waals surface area contributed by atoms with E-state index in [-0.39, 0.29) is 5.97 Å². The maximum absolute atomic E-state index is 12.1. The standard InChI is InChI=1S/C38H70O2/c1-7-8-9-10-11-12-13-14-15-16-17-18-19-20-21-31-38(39)40-33-32-37(6)30-24-29-36(5)28-23-27-35(4)26-22-25-34(2)3/h8-9,11-12,14-15,34-37H,7,10,13,16-33H2,1-6H3/b9-8-,12-11-,15-14-/t35-,36-,37?/m1/s1. The van der Waals surface area contributed by atoms with Crippen molar-refractivity contribution in [2.75, 3.05) is 6.61 Å². The van der Waals surface area contributed by atoms with Crippen LogP contribution >= 0.6 is 0 Å². The minimum absolute atomic E-state index is 0.000397. The molecule has 0 aromatic carbocycles. The van der Waals surface area contributed by atoms with Crippen molar-refractivity contribution in [2.45, 2.75) is 170 Å². The zero-order valence-electron chi connectivity index (χ0n) is 27.9. The van der Waals surface area contributed by atoms with Crippen LogP contribution < -0.4 is 0 Å². The highest BCUT2D eigenvalue weighted by Crippen LogP contribution is 2.22. The van der Waals surface area contributed by atoms with Gasteiger partial charge < -0.3 is 4.74 Å². The first-order valence-electron chi connectivity index (χ1n) is 17.5. The maximum Gasteiger partial charge on any atom is 0.305 e. The number of carbonyl (C=O) groups is 1. The number of esters is 1. The zero-order chi connectivity index (χ0) is 29.7. The first-order chi connectivity index (χ1) is 19.3. The first kappa shape index (κ1) is 38.7. The molecule has 3 atom stereocenters. The Bertz CT molecular complexity index is 629. The zero-order valence-corrected chi connectivity index (χ0v) is 27.9. The average molecular weight is 559 g/mol. The average Bonchev–Trinajstić information content (AvgIpc) is 2.90. The summed E-state index contributed by atoms with van der Waals surface area (Å²) in [6.45, 7) is 14.6. The summed E-state index contributed by atoms with van der Waals surface area (Å²) in [4.78, 5) is 12.1. The number of rotatable bonds is 28. The highest BCUT2D eigenvalue weighted by Gasteiger charge is 2.09. The fourth-order valence-electron chi connectivity index (χ4n) is 5.27. The molecule has 0 saturated heterocycles. The van der Waals surface area contributed by atoms with E-state index in [1.165, 1.54) is 83.5 Å². The third-order valence-corrected chi connectivity index (χ3v) is 8.17. The quantitative estimate of drug-likeness (QED) is 0.0542. The lowest BCUT2D eigenvalue weighted by Crippen LogP contribution is -2.09. The highest BCUT2D eigenvalue weighted by atomic mass is 16.5. The Balaban J connectivity index is 3.54. The van der Waals surface area contributed by atoms with Gasteiger partial charge in [-0.15, -0.1) is 0 Å². The van der Waals surface area contributed by atoms with Gasteiger partial charge in [0.05, 0.1) is 6.61 Å². The predicted molar refractivity (Wildman–Crippen MR) is 179 cm³/mol. The fourth-order valence-corrected chi connectivity index (χ4v) is 5.27. The van der Waals surface area contributed by atoms with Gasteiger partial charge in [-0.1, -0.05) is 155 Å². The molecule has 0 amide bonds. The molecule has 0 aromatic heterocycles. The van der Waals surface area contributed by atoms with Crippen LogP contribution in [0.1, 0.15) is 170 Å². The Morgan fingerprint density at radius 3 is 1.60 bits per heavy atom. The van der Waals surface area contributed by atoms with E-state index in [0.717, 1.165) is 56.3 Å². The summed E-state index contributed by atoms with van der Waals surface area (Å²) in [5, 5.41) is 0. The maximum atomic E-state index is 12.1. The van der Waals surface area contributed by atoms with Crippen LogP contribution in [-0.4, -0.2) is 12.6 Å². The van der Waals surface area contributed by atoms with Crippen molar-refractivity contribution < 1.29 is 9.53 Å². The SMILES string of the molecule is CC/C=C\C/C=C\C/C=C\CCCCCCCC(=O)OCCC(C)CCC[C@H](C)CCC[C@H](C)CCCC(C)C. The minimum Gasteiger partial charge on any atom is -0.466 e. The van der Waals surface area contributed by atoms with Gasteiger partial charge in [0.15, 0.2) is 0 Å². The molecule has 0 fully saturated rings. The second kappa shape index (κ2) is 29.2. The molecule has 2 heteroatoms. The summed E-state index contributed by atoms with van der Waals surface area (Å²) in [6.07, 6.45) is 37.6. The van der Waals surface area contributed by atoms with Crippen LogP contribution in [0.25, 0.3) is 0 Å². The Kier molecular flexibility index (Phi) is 28.2. The lowest BCUT2D eigenvalue weighted by Gasteiger charge is -2.16. The summed E-state index contributed by atoms with van der Waals surface area (Å²) < 4.78 is 5.52. The summed E-state index contributed by atoms with van der Waals surface area (Å²) in [6, 6.07) is 0. The van der Waals surface area contributed by atoms with Gasteiger partial charge in [0.25, 0.3) is 0 Å². The normalized spacial score (nSPS) is 14.6. The van der Waals surface area contributed by atoms with Crippen molar-refractivity contribution in [3.05, 3.63) is 36.5 Å². The molecule has 0 saturated carbocycles. The summed E-state index contributed by atoms with van der Waals surface area (Å²) in [5.41, 5.74) is 0. The third kappa shape index (κ3) is 29.7. The molecular weight excluding hydrogens is 488 g/mol. The van der Waals surface area contributed by atoms with Crippen LogP contribution in [0.3, 0.4) is 0 Å². The third-order valence-electron chi connectivity index (χ3n) is 8.17. The Morgan fingerprint density at radius 1 is 0.550 bits per heavy atom. The van der Waals surface area contributed by atoms with Crippen LogP contribution in [0.2, 0.25) is 0 Å². The monoisotopic (exact) mass is 559 g/mol. The van der Waals surface area contributed by atoms with Gasteiger partial charge in [0.2, 0.25) is 0 Å². The largest absolute Gasteiger partial charge is 0.466 e. The van der Waals surface area contributed by atoms with Crippen molar-refractivity contribution in [3.63, 3.8) is 0 Å². The van der Waals surface area contributed by atoms with E-state index in [0.29, 0.717) is 18.9 Å². The number of hydrogen-bond acceptors (Lipinski definition) is 2. The Hall–Kier alpha value is -1.31. The number of allylic oxidation sites excluding steroid dienone is 6. The van der Waals surface area contributed by atoms with E-state index in [1.807, 2.05) is 0 Å². The van der Waals surface area contributed by atoms with Gasteiger partial charge in [0.1, 0.15) is 0 Å². The lowest BCUT2D eigenvalue weighted by atomic mass is 9.91. The highest BCUT2D eigenvalue weighted by molar-refractivity contribution is 5.69. The van der Waals surface area contributed by atoms with Gasteiger partial charge in [-0.3, -0.25) is 4.79 Å². The summed E-state index contributed by atoms with van der Waals surface area (Å²) in [5.74, 6) is 3.23. The van der Waals surface area contributed by atoms with Crippen molar-refractivity contribution in [1.82, 2.24) is 0 Å². The molecule has 0 aromatic rings. The first-order valence-corrected chi connectivity index (χ1v) is 17.5. The predicted octanol–water partition coefficient (Wildman–Crippen LogP) is 12.6. The molecule has 40 heavy (non-hydrogen) atoms. The van der Waals surface area contributed by atoms with Gasteiger partial charge >= 0.3 is 5.97 Å². The second-order valence-electron chi connectivity index (χ2n) is 13.1. The lowest BCUT2D eigenvalue weighted by molar-refractivity contribution is -0.144. The molecule has 0 aliphatic carbocycles. The van der Waals surface area contributed by atoms with Crippen LogP contribution in [-0.2, 0) is 9.53 Å². The second-order valence-corrected chi connectivity index (χ2v) is 13.1. The molecule has 0 aliphatic rings. The molecule has 0 bridgehead atoms. The summed E-state index contributed by atoms with van der Waals surface area (Å²) >= 11 is 0. The summed E-state index contributed by atoms with van der Waals surface area (Å²) in [7, 11) is 0. The smallest absolute Gasteiger partial charge is 0.305 e. The molecule has 0 aliphatic heterocycles. The Morgan fingerprint density at radius 2 is 1.02 bits per heavy atom. The van der Waals surface area contributed by atoms with E-state index in [9.17, 15) is 4.79 Å². The molecule has 0 N–H and O–H groups in total. The van der Waals surface area contributed by atoms with E-state index in [4.69, 9.17) is 4.74 Å². The molecule has 2 nitrogen and oxygen atoms in total. The molecule has 0 heterocycles. The van der Waals surface area contributed by atoms with E-state index in [1.54, 1.807) is 0 Å². The number of unbranched alkanes of at least 4 members (excludes halogenated alkanes) is 5. The van der Waals surface area contributed by atoms with Crippen LogP contribution in [0.15, 0.2) is 36.5 Å². The number of hydrogen-bond donors (Lipinski definition) is 0. The van der Waals surface area contributed by atoms with E-state index >= 15 is 0 Å². The minimum atomic E-state index is 0.000397. The van der Waals surface area contributed by atoms with Crippen LogP contribution in [0.5, 0.6) is 0 Å². The fraction of sp³-hybridized carbons (Fsp3) is 0.816. The van der Waals surface area contributed by atoms with Crippen LogP contribution in [0.4, 0.5) is 0 Å². The molecule has 0 rings (SSSR count). The molecule has 234 valence electrons. The van der Waals surface area contributed by atoms with Gasteiger partial charge in [-0.05, 0) is 68.6 Å². The van der Waals surface area contributed by atoms with Gasteiger partial charge in [-0.2, -0.15) is 0 Å². The van der Waals surface area contributed by atoms with Crippen molar-refractivity contribution in [1.29, 1.82) is 0 Å². The van der Waals surface area contributed by atoms with Crippen LogP contribution in [0, 0.1) is 23.7 Å². The van der Waals surface area contributed by atoms with E-state index in [2.05, 4.69) is 78.0 Å². The van der Waals surface area contributed by atoms with Crippen molar-refractivity contribution >= 4 is 5.97 Å². The molecule has 0 radical (unpaired) electrons. The van der Waals surface area contributed by atoms with Gasteiger partial charge in [0, 0.05) is 6.42 Å². The van der Waals surface area contributed by atoms with E-state index < -0.39 is 0 Å². The molecule has 0 spiro atoms. The number of carbonyl (C=O) groups excluding carboxylic acids is 1. The van der Waals surface area contributed by atoms with Crippen molar-refractivity contribution in [3.8, 4) is 0 Å². The molecule has 1 unspecified atom stereocenters. The van der Waals surface area contributed by atoms with Gasteiger partial charge in [-0.25, -0.2) is 0 Å².